The van der Waals surface area contributed by atoms with Crippen molar-refractivity contribution in [2.75, 3.05) is 12.4 Å². The van der Waals surface area contributed by atoms with E-state index in [1.165, 1.54) is 17.9 Å². The molecular weight excluding hydrogens is 589 g/mol. The van der Waals surface area contributed by atoms with Crippen LogP contribution in [0.2, 0.25) is 0 Å². The summed E-state index contributed by atoms with van der Waals surface area (Å²) in [6.07, 6.45) is -2.00. The molecule has 1 amide bonds. The summed E-state index contributed by atoms with van der Waals surface area (Å²) in [5, 5.41) is 26.8. The summed E-state index contributed by atoms with van der Waals surface area (Å²) in [5.74, 6) is 6.10. The van der Waals surface area contributed by atoms with E-state index in [9.17, 15) is 15.0 Å². The molecule has 4 N–H and O–H groups in total. The summed E-state index contributed by atoms with van der Waals surface area (Å²) in [6, 6.07) is 13.3. The topological polar surface area (TPSA) is 147 Å². The zero-order valence-corrected chi connectivity index (χ0v) is 21.7. The van der Waals surface area contributed by atoms with E-state index < -0.39 is 30.4 Å². The van der Waals surface area contributed by atoms with Crippen LogP contribution in [0, 0.1) is 15.4 Å². The van der Waals surface area contributed by atoms with Crippen LogP contribution < -0.4 is 10.6 Å². The second kappa shape index (κ2) is 10.8. The van der Waals surface area contributed by atoms with Crippen LogP contribution in [0.1, 0.15) is 23.3 Å². The van der Waals surface area contributed by atoms with Crippen LogP contribution in [0.4, 0.5) is 5.82 Å². The van der Waals surface area contributed by atoms with E-state index >= 15 is 0 Å². The fourth-order valence-corrected chi connectivity index (χ4v) is 4.42. The molecule has 1 aromatic carbocycles. The van der Waals surface area contributed by atoms with Crippen LogP contribution in [0.15, 0.2) is 55.0 Å². The first-order valence-electron chi connectivity index (χ1n) is 11.3. The van der Waals surface area contributed by atoms with Crippen molar-refractivity contribution < 1.29 is 19.7 Å². The Morgan fingerprint density at radius 2 is 1.95 bits per heavy atom. The number of rotatable bonds is 5. The predicted molar refractivity (Wildman–Crippen MR) is 142 cm³/mol. The van der Waals surface area contributed by atoms with Gasteiger partial charge in [-0.05, 0) is 52.8 Å². The molecule has 4 aromatic rings. The zero-order chi connectivity index (χ0) is 25.9. The fourth-order valence-electron chi connectivity index (χ4n) is 3.90. The molecule has 0 spiro atoms. The number of carbonyl (C=O) groups is 1. The Morgan fingerprint density at radius 3 is 2.70 bits per heavy atom. The lowest BCUT2D eigenvalue weighted by molar-refractivity contribution is -0.137. The minimum absolute atomic E-state index is 0.215. The highest BCUT2D eigenvalue weighted by Gasteiger charge is 2.47. The van der Waals surface area contributed by atoms with Gasteiger partial charge in [0.05, 0.1) is 18.6 Å². The molecular formula is C25H22IN7O4. The summed E-state index contributed by atoms with van der Waals surface area (Å²) in [5.41, 5.74) is 2.33. The van der Waals surface area contributed by atoms with Crippen LogP contribution in [-0.2, 0) is 16.1 Å². The molecule has 1 aliphatic rings. The number of carbonyl (C=O) groups excluding carboxylic acids is 1. The van der Waals surface area contributed by atoms with Crippen molar-refractivity contribution in [2.45, 2.75) is 31.1 Å². The molecule has 1 aliphatic heterocycles. The normalized spacial score (nSPS) is 20.9. The number of aliphatic hydroxyl groups is 2. The molecule has 0 aliphatic carbocycles. The van der Waals surface area contributed by atoms with Crippen molar-refractivity contribution in [2.24, 2.45) is 0 Å². The van der Waals surface area contributed by atoms with E-state index in [0.29, 0.717) is 23.5 Å². The quantitative estimate of drug-likeness (QED) is 0.193. The van der Waals surface area contributed by atoms with Crippen molar-refractivity contribution in [1.29, 1.82) is 0 Å². The molecule has 0 saturated carbocycles. The number of nitrogens with one attached hydrogen (secondary N) is 2. The Kier molecular flexibility index (Phi) is 7.28. The number of imidazole rings is 1. The molecule has 11 nitrogen and oxygen atoms in total. The lowest BCUT2D eigenvalue weighted by atomic mass is 10.1. The molecule has 188 valence electrons. The van der Waals surface area contributed by atoms with Gasteiger partial charge >= 0.3 is 0 Å². The summed E-state index contributed by atoms with van der Waals surface area (Å²) in [7, 11) is 1.43. The molecule has 0 radical (unpaired) electrons. The van der Waals surface area contributed by atoms with Gasteiger partial charge in [-0.2, -0.15) is 0 Å². The maximum atomic E-state index is 12.1. The maximum absolute atomic E-state index is 12.1. The first-order chi connectivity index (χ1) is 17.9. The third-order valence-corrected chi connectivity index (χ3v) is 6.42. The van der Waals surface area contributed by atoms with Crippen LogP contribution in [0.3, 0.4) is 0 Å². The third-order valence-electron chi connectivity index (χ3n) is 5.75. The van der Waals surface area contributed by atoms with Crippen molar-refractivity contribution in [1.82, 2.24) is 29.8 Å². The highest BCUT2D eigenvalue weighted by molar-refractivity contribution is 14.1. The minimum atomic E-state index is -1.43. The number of benzene rings is 1. The predicted octanol–water partition coefficient (Wildman–Crippen LogP) is 1.20. The number of likely N-dealkylation sites (N-methyl/N-ethyl adjacent to an activating group) is 1. The molecule has 3 aromatic heterocycles. The second-order valence-electron chi connectivity index (χ2n) is 8.20. The number of amides is 1. The Hall–Kier alpha value is -3.64. The van der Waals surface area contributed by atoms with Gasteiger partial charge in [0.1, 0.15) is 12.2 Å². The van der Waals surface area contributed by atoms with Crippen LogP contribution >= 0.6 is 22.6 Å². The fraction of sp³-hybridized carbons (Fsp3) is 0.240. The van der Waals surface area contributed by atoms with Crippen molar-refractivity contribution in [3.05, 3.63) is 75.6 Å². The van der Waals surface area contributed by atoms with Gasteiger partial charge in [-0.25, -0.2) is 15.0 Å². The van der Waals surface area contributed by atoms with E-state index in [4.69, 9.17) is 4.74 Å². The standard InChI is InChI=1S/C25H22IN7O4/c1-27-24(36)21-19(34)20(35)25(37-21)33-13-30-18-22(29-12-16-11-15(26)9-10-28-16)31-17(32-23(18)33)8-7-14-5-3-2-4-6-14/h2-6,9-11,13,19-21,25,34-35H,12H2,1H3,(H,27,36)(H,29,31,32)/t19-,20+,21-,25+/m0/s1. The molecule has 37 heavy (non-hydrogen) atoms. The molecule has 12 heteroatoms. The number of halogens is 1. The molecule has 1 fully saturated rings. The summed E-state index contributed by atoms with van der Waals surface area (Å²) in [4.78, 5) is 30.1. The third kappa shape index (κ3) is 5.25. The lowest BCUT2D eigenvalue weighted by Gasteiger charge is -2.16. The zero-order valence-electron chi connectivity index (χ0n) is 19.5. The van der Waals surface area contributed by atoms with Gasteiger partial charge < -0.3 is 25.6 Å². The number of aromatic nitrogens is 5. The highest BCUT2D eigenvalue weighted by atomic mass is 127. The largest absolute Gasteiger partial charge is 0.387 e. The first kappa shape index (κ1) is 25.0. The molecule has 5 rings (SSSR count). The second-order valence-corrected chi connectivity index (χ2v) is 9.44. The van der Waals surface area contributed by atoms with E-state index in [1.54, 1.807) is 6.20 Å². The number of hydrogen-bond acceptors (Lipinski definition) is 9. The van der Waals surface area contributed by atoms with Crippen molar-refractivity contribution in [3.8, 4) is 11.8 Å². The van der Waals surface area contributed by atoms with Gasteiger partial charge in [-0.1, -0.05) is 24.1 Å². The Labute approximate surface area is 225 Å². The Balaban J connectivity index is 1.55. The van der Waals surface area contributed by atoms with E-state index in [1.807, 2.05) is 42.5 Å². The van der Waals surface area contributed by atoms with Gasteiger partial charge in [-0.3, -0.25) is 14.3 Å². The minimum Gasteiger partial charge on any atom is -0.387 e. The van der Waals surface area contributed by atoms with E-state index in [0.717, 1.165) is 14.8 Å². The smallest absolute Gasteiger partial charge is 0.251 e. The summed E-state index contributed by atoms with van der Waals surface area (Å²) < 4.78 is 8.24. The lowest BCUT2D eigenvalue weighted by Crippen LogP contribution is -2.41. The number of aliphatic hydroxyl groups excluding tert-OH is 2. The Morgan fingerprint density at radius 1 is 1.14 bits per heavy atom. The van der Waals surface area contributed by atoms with Gasteiger partial charge in [0.15, 0.2) is 29.3 Å². The number of pyridine rings is 1. The number of hydrogen-bond donors (Lipinski definition) is 4. The molecule has 4 atom stereocenters. The van der Waals surface area contributed by atoms with E-state index in [-0.39, 0.29) is 5.82 Å². The molecule has 0 unspecified atom stereocenters. The van der Waals surface area contributed by atoms with Crippen LogP contribution in [0.5, 0.6) is 0 Å². The van der Waals surface area contributed by atoms with Crippen molar-refractivity contribution in [3.63, 3.8) is 0 Å². The van der Waals surface area contributed by atoms with Crippen molar-refractivity contribution >= 4 is 45.5 Å². The monoisotopic (exact) mass is 611 g/mol. The average molecular weight is 611 g/mol. The maximum Gasteiger partial charge on any atom is 0.251 e. The van der Waals surface area contributed by atoms with Gasteiger partial charge in [0.25, 0.3) is 5.91 Å². The molecule has 0 bridgehead atoms. The van der Waals surface area contributed by atoms with Gasteiger partial charge in [-0.15, -0.1) is 0 Å². The van der Waals surface area contributed by atoms with E-state index in [2.05, 4.69) is 65.0 Å². The first-order valence-corrected chi connectivity index (χ1v) is 12.4. The van der Waals surface area contributed by atoms with Gasteiger partial charge in [0.2, 0.25) is 5.82 Å². The molecule has 4 heterocycles. The highest BCUT2D eigenvalue weighted by Crippen LogP contribution is 2.32. The molecule has 1 saturated heterocycles. The Bertz CT molecular complexity index is 1500. The SMILES string of the molecule is CNC(=O)[C@H]1O[C@@H](n2cnc3c(NCc4cc(I)ccn4)nc(C#Cc4ccccc4)nc32)[C@H](O)[C@@H]1O. The van der Waals surface area contributed by atoms with Crippen LogP contribution in [0.25, 0.3) is 11.2 Å². The number of fused-ring (bicyclic) bond motifs is 1. The number of nitrogens with zero attached hydrogens (tertiary/aromatic N) is 5. The van der Waals surface area contributed by atoms with Gasteiger partial charge in [0, 0.05) is 22.4 Å². The number of ether oxygens (including phenoxy) is 1. The number of anilines is 1. The summed E-state index contributed by atoms with van der Waals surface area (Å²) >= 11 is 2.22. The summed E-state index contributed by atoms with van der Waals surface area (Å²) in [6.45, 7) is 0.376. The average Bonchev–Trinajstić information content (AvgIpc) is 3.47. The van der Waals surface area contributed by atoms with Crippen LogP contribution in [-0.4, -0.2) is 66.0 Å².